The van der Waals surface area contributed by atoms with Crippen LogP contribution in [0.3, 0.4) is 0 Å². The van der Waals surface area contributed by atoms with E-state index in [9.17, 15) is 0 Å². The van der Waals surface area contributed by atoms with Crippen molar-refractivity contribution in [2.75, 3.05) is 20.1 Å². The van der Waals surface area contributed by atoms with E-state index in [0.29, 0.717) is 6.04 Å². The Kier molecular flexibility index (Phi) is 10.3. The van der Waals surface area contributed by atoms with Crippen LogP contribution in [-0.4, -0.2) is 46.8 Å². The number of guanidine groups is 1. The Labute approximate surface area is 204 Å². The summed E-state index contributed by atoms with van der Waals surface area (Å²) in [4.78, 5) is 7.03. The number of halogens is 1. The molecule has 0 aliphatic carbocycles. The topological polar surface area (TPSA) is 57.5 Å². The lowest BCUT2D eigenvalue weighted by Crippen LogP contribution is -2.48. The van der Waals surface area contributed by atoms with Crippen molar-refractivity contribution in [3.63, 3.8) is 0 Å². The summed E-state index contributed by atoms with van der Waals surface area (Å²) in [6.07, 6.45) is 4.22. The van der Waals surface area contributed by atoms with Gasteiger partial charge in [-0.3, -0.25) is 14.6 Å². The minimum absolute atomic E-state index is 0. The highest BCUT2D eigenvalue weighted by atomic mass is 127. The first-order valence-electron chi connectivity index (χ1n) is 11.3. The lowest BCUT2D eigenvalue weighted by molar-refractivity contribution is 0.198. The second-order valence-electron chi connectivity index (χ2n) is 8.25. The first-order chi connectivity index (χ1) is 14.5. The third kappa shape index (κ3) is 6.68. The summed E-state index contributed by atoms with van der Waals surface area (Å²) in [5.74, 6) is 0.889. The number of aromatic nitrogens is 2. The Bertz CT molecular complexity index is 852. The zero-order chi connectivity index (χ0) is 21.5. The third-order valence-corrected chi connectivity index (χ3v) is 6.27. The molecule has 1 aromatic heterocycles. The van der Waals surface area contributed by atoms with Gasteiger partial charge in [-0.25, -0.2) is 0 Å². The number of nitrogens with one attached hydrogen (secondary N) is 2. The summed E-state index contributed by atoms with van der Waals surface area (Å²) in [6, 6.07) is 9.18. The van der Waals surface area contributed by atoms with Crippen LogP contribution >= 0.6 is 24.0 Å². The molecule has 0 radical (unpaired) electrons. The first-order valence-corrected chi connectivity index (χ1v) is 11.3. The maximum Gasteiger partial charge on any atom is 0.191 e. The van der Waals surface area contributed by atoms with Gasteiger partial charge in [-0.05, 0) is 43.7 Å². The summed E-state index contributed by atoms with van der Waals surface area (Å²) < 4.78 is 2.02. The highest BCUT2D eigenvalue weighted by molar-refractivity contribution is 14.0. The van der Waals surface area contributed by atoms with Crippen LogP contribution in [0.15, 0.2) is 29.3 Å². The van der Waals surface area contributed by atoms with Crippen LogP contribution in [0.4, 0.5) is 0 Å². The predicted octanol–water partition coefficient (Wildman–Crippen LogP) is 3.80. The van der Waals surface area contributed by atoms with Crippen LogP contribution in [0.5, 0.6) is 0 Å². The van der Waals surface area contributed by atoms with Gasteiger partial charge >= 0.3 is 0 Å². The zero-order valence-electron chi connectivity index (χ0n) is 19.7. The van der Waals surface area contributed by atoms with Gasteiger partial charge < -0.3 is 10.6 Å². The highest BCUT2D eigenvalue weighted by Crippen LogP contribution is 2.17. The van der Waals surface area contributed by atoms with E-state index in [-0.39, 0.29) is 24.0 Å². The number of hydrogen-bond acceptors (Lipinski definition) is 3. The molecule has 6 nitrogen and oxygen atoms in total. The fraction of sp³-hybridized carbons (Fsp3) is 0.583. The molecule has 2 heterocycles. The highest BCUT2D eigenvalue weighted by Gasteiger charge is 2.21. The second-order valence-corrected chi connectivity index (χ2v) is 8.25. The molecule has 1 fully saturated rings. The number of nitrogens with zero attached hydrogens (tertiary/aromatic N) is 4. The Morgan fingerprint density at radius 2 is 1.87 bits per heavy atom. The van der Waals surface area contributed by atoms with Gasteiger partial charge in [0.05, 0.1) is 5.69 Å². The fourth-order valence-corrected chi connectivity index (χ4v) is 4.42. The number of likely N-dealkylation sites (tertiary alicyclic amines) is 1. The molecule has 2 N–H and O–H groups in total. The standard InChI is InChI=1S/C24H38N6.HI/c1-6-22-21(23(7-2)29(5)28-22)16-26-24(25-4)27-20-12-14-30(15-13-20)17-19-11-9-8-10-18(19)3;/h8-11,20H,6-7,12-17H2,1-5H3,(H2,25,26,27);1H. The van der Waals surface area contributed by atoms with E-state index >= 15 is 0 Å². The average Bonchev–Trinajstić information content (AvgIpc) is 3.08. The number of aliphatic imine (C=N–C) groups is 1. The van der Waals surface area contributed by atoms with Crippen molar-refractivity contribution in [1.82, 2.24) is 25.3 Å². The lowest BCUT2D eigenvalue weighted by Gasteiger charge is -2.33. The van der Waals surface area contributed by atoms with E-state index in [0.717, 1.165) is 57.8 Å². The molecule has 7 heteroatoms. The smallest absolute Gasteiger partial charge is 0.191 e. The maximum absolute atomic E-state index is 4.68. The predicted molar refractivity (Wildman–Crippen MR) is 140 cm³/mol. The minimum atomic E-state index is 0. The monoisotopic (exact) mass is 538 g/mol. The van der Waals surface area contributed by atoms with E-state index < -0.39 is 0 Å². The van der Waals surface area contributed by atoms with Gasteiger partial charge in [0, 0.05) is 57.6 Å². The number of piperidine rings is 1. The SMILES string of the molecule is CCc1nn(C)c(CC)c1CNC(=NC)NC1CCN(Cc2ccccc2C)CC1.I. The molecule has 0 spiro atoms. The number of aryl methyl sites for hydroxylation is 3. The molecule has 0 bridgehead atoms. The second kappa shape index (κ2) is 12.4. The van der Waals surface area contributed by atoms with Crippen LogP contribution < -0.4 is 10.6 Å². The molecule has 1 aliphatic heterocycles. The summed E-state index contributed by atoms with van der Waals surface area (Å²) >= 11 is 0. The van der Waals surface area contributed by atoms with Crippen LogP contribution in [-0.2, 0) is 33.0 Å². The molecular weight excluding hydrogens is 499 g/mol. The molecule has 0 amide bonds. The van der Waals surface area contributed by atoms with E-state index in [1.807, 2.05) is 18.8 Å². The largest absolute Gasteiger partial charge is 0.354 e. The molecule has 172 valence electrons. The van der Waals surface area contributed by atoms with Crippen LogP contribution in [0, 0.1) is 6.92 Å². The third-order valence-electron chi connectivity index (χ3n) is 6.27. The minimum Gasteiger partial charge on any atom is -0.354 e. The Morgan fingerprint density at radius 3 is 2.48 bits per heavy atom. The zero-order valence-corrected chi connectivity index (χ0v) is 22.1. The van der Waals surface area contributed by atoms with E-state index in [1.54, 1.807) is 0 Å². The van der Waals surface area contributed by atoms with Crippen LogP contribution in [0.2, 0.25) is 0 Å². The van der Waals surface area contributed by atoms with E-state index in [2.05, 4.69) is 70.7 Å². The molecule has 1 aromatic carbocycles. The average molecular weight is 539 g/mol. The number of hydrogen-bond donors (Lipinski definition) is 2. The summed E-state index contributed by atoms with van der Waals surface area (Å²) in [5.41, 5.74) is 6.63. The summed E-state index contributed by atoms with van der Waals surface area (Å²) in [5, 5.41) is 11.8. The first kappa shape index (κ1) is 25.6. The van der Waals surface area contributed by atoms with Gasteiger partial charge in [0.2, 0.25) is 0 Å². The van der Waals surface area contributed by atoms with Crippen molar-refractivity contribution in [2.45, 2.75) is 65.6 Å². The van der Waals surface area contributed by atoms with Crippen molar-refractivity contribution in [3.8, 4) is 0 Å². The molecule has 1 saturated heterocycles. The molecular formula is C24H39IN6. The van der Waals surface area contributed by atoms with Gasteiger partial charge in [0.25, 0.3) is 0 Å². The molecule has 1 aliphatic rings. The van der Waals surface area contributed by atoms with Crippen LogP contribution in [0.25, 0.3) is 0 Å². The molecule has 31 heavy (non-hydrogen) atoms. The summed E-state index contributed by atoms with van der Waals surface area (Å²) in [7, 11) is 3.90. The Hall–Kier alpha value is -1.61. The van der Waals surface area contributed by atoms with Gasteiger partial charge in [-0.2, -0.15) is 5.10 Å². The molecule has 2 aromatic rings. The molecule has 0 atom stereocenters. The molecule has 0 unspecified atom stereocenters. The van der Waals surface area contributed by atoms with Gasteiger partial charge in [-0.15, -0.1) is 24.0 Å². The maximum atomic E-state index is 4.68. The van der Waals surface area contributed by atoms with Crippen LogP contribution in [0.1, 0.15) is 54.8 Å². The lowest BCUT2D eigenvalue weighted by atomic mass is 10.0. The van der Waals surface area contributed by atoms with Gasteiger partial charge in [0.15, 0.2) is 5.96 Å². The number of benzene rings is 1. The fourth-order valence-electron chi connectivity index (χ4n) is 4.42. The number of rotatable bonds is 7. The van der Waals surface area contributed by atoms with Gasteiger partial charge in [-0.1, -0.05) is 38.1 Å². The van der Waals surface area contributed by atoms with Gasteiger partial charge in [0.1, 0.15) is 0 Å². The van der Waals surface area contributed by atoms with E-state index in [1.165, 1.54) is 28.1 Å². The summed E-state index contributed by atoms with van der Waals surface area (Å²) in [6.45, 7) is 10.6. The molecule has 3 rings (SSSR count). The van der Waals surface area contributed by atoms with Crippen molar-refractivity contribution >= 4 is 29.9 Å². The quantitative estimate of drug-likeness (QED) is 0.320. The normalized spacial score (nSPS) is 15.6. The van der Waals surface area contributed by atoms with Crippen molar-refractivity contribution in [3.05, 3.63) is 52.3 Å². The molecule has 0 saturated carbocycles. The van der Waals surface area contributed by atoms with E-state index in [4.69, 9.17) is 0 Å². The van der Waals surface area contributed by atoms with Crippen molar-refractivity contribution < 1.29 is 0 Å². The van der Waals surface area contributed by atoms with Crippen molar-refractivity contribution in [1.29, 1.82) is 0 Å². The Balaban J connectivity index is 0.00000341. The Morgan fingerprint density at radius 1 is 1.16 bits per heavy atom. The van der Waals surface area contributed by atoms with Crippen molar-refractivity contribution in [2.24, 2.45) is 12.0 Å².